The van der Waals surface area contributed by atoms with Crippen LogP contribution >= 0.6 is 0 Å². The molecule has 0 spiro atoms. The number of cyclic esters (lactones) is 1. The molecule has 3 aliphatic rings. The van der Waals surface area contributed by atoms with Gasteiger partial charge in [0.05, 0.1) is 16.9 Å². The zero-order valence-electron chi connectivity index (χ0n) is 16.6. The second-order valence-electron chi connectivity index (χ2n) is 8.63. The topological polar surface area (TPSA) is 56.8 Å². The SMILES string of the molecule is CC1(C)OB(c2ccc3c(c2)NC(=O)OC3(C#CC2CC2)C(F)(F)F)OC1(C)C. The van der Waals surface area contributed by atoms with Crippen molar-refractivity contribution in [2.75, 3.05) is 5.32 Å². The summed E-state index contributed by atoms with van der Waals surface area (Å²) >= 11 is 0. The Morgan fingerprint density at radius 3 is 2.31 bits per heavy atom. The lowest BCUT2D eigenvalue weighted by molar-refractivity contribution is -0.239. The average Bonchev–Trinajstić information content (AvgIpc) is 3.37. The van der Waals surface area contributed by atoms with Crippen LogP contribution in [0.4, 0.5) is 23.7 Å². The summed E-state index contributed by atoms with van der Waals surface area (Å²) in [6, 6.07) is 4.18. The van der Waals surface area contributed by atoms with Crippen molar-refractivity contribution in [3.8, 4) is 11.8 Å². The number of benzene rings is 1. The molecular formula is C20H21BF3NO4. The Kier molecular flexibility index (Phi) is 4.27. The van der Waals surface area contributed by atoms with E-state index in [0.29, 0.717) is 5.46 Å². The standard InChI is InChI=1S/C20H21BF3NO4/c1-17(2)18(3,4)29-21(28-17)13-7-8-14-15(11-13)25-16(26)27-19(14,20(22,23)24)10-9-12-5-6-12/h7-8,11-12H,5-6H2,1-4H3,(H,25,26). The molecule has 1 saturated carbocycles. The molecule has 4 rings (SSSR count). The van der Waals surface area contributed by atoms with Gasteiger partial charge >= 0.3 is 19.4 Å². The third-order valence-electron chi connectivity index (χ3n) is 5.86. The largest absolute Gasteiger partial charge is 0.494 e. The van der Waals surface area contributed by atoms with E-state index in [1.807, 2.05) is 27.7 Å². The first kappa shape index (κ1) is 20.1. The second-order valence-corrected chi connectivity index (χ2v) is 8.63. The first-order valence-corrected chi connectivity index (χ1v) is 9.44. The van der Waals surface area contributed by atoms with E-state index >= 15 is 0 Å². The van der Waals surface area contributed by atoms with Crippen molar-refractivity contribution >= 4 is 24.4 Å². The number of hydrogen-bond donors (Lipinski definition) is 1. The molecule has 9 heteroatoms. The molecule has 1 aromatic carbocycles. The fourth-order valence-corrected chi connectivity index (χ4v) is 3.23. The molecule has 1 atom stereocenters. The number of carbonyl (C=O) groups excluding carboxylic acids is 1. The minimum Gasteiger partial charge on any atom is -0.415 e. The quantitative estimate of drug-likeness (QED) is 0.570. The van der Waals surface area contributed by atoms with Gasteiger partial charge in [-0.1, -0.05) is 18.1 Å². The number of fused-ring (bicyclic) bond motifs is 1. The minimum atomic E-state index is -4.90. The van der Waals surface area contributed by atoms with Crippen molar-refractivity contribution < 1.29 is 32.0 Å². The van der Waals surface area contributed by atoms with Crippen LogP contribution in [-0.4, -0.2) is 30.6 Å². The van der Waals surface area contributed by atoms with Gasteiger partial charge in [0.25, 0.3) is 5.60 Å². The normalized spacial score (nSPS) is 27.4. The van der Waals surface area contributed by atoms with E-state index in [2.05, 4.69) is 17.2 Å². The van der Waals surface area contributed by atoms with Crippen molar-refractivity contribution in [1.82, 2.24) is 0 Å². The summed E-state index contributed by atoms with van der Waals surface area (Å²) in [4.78, 5) is 12.0. The van der Waals surface area contributed by atoms with Gasteiger partial charge in [-0.2, -0.15) is 13.2 Å². The Balaban J connectivity index is 1.77. The van der Waals surface area contributed by atoms with E-state index in [9.17, 15) is 18.0 Å². The zero-order valence-corrected chi connectivity index (χ0v) is 16.6. The third-order valence-corrected chi connectivity index (χ3v) is 5.86. The highest BCUT2D eigenvalue weighted by Crippen LogP contribution is 2.47. The Labute approximate surface area is 167 Å². The number of carbonyl (C=O) groups is 1. The van der Waals surface area contributed by atoms with Crippen molar-refractivity contribution in [3.05, 3.63) is 23.8 Å². The van der Waals surface area contributed by atoms with Crippen LogP contribution in [0.2, 0.25) is 0 Å². The zero-order chi connectivity index (χ0) is 21.2. The number of rotatable bonds is 1. The summed E-state index contributed by atoms with van der Waals surface area (Å²) in [6.07, 6.45) is -4.60. The molecule has 1 N–H and O–H groups in total. The van der Waals surface area contributed by atoms with Crippen LogP contribution in [0.1, 0.15) is 46.1 Å². The van der Waals surface area contributed by atoms with E-state index in [1.165, 1.54) is 18.2 Å². The number of ether oxygens (including phenoxy) is 1. The molecule has 0 radical (unpaired) electrons. The highest BCUT2D eigenvalue weighted by Gasteiger charge is 2.62. The van der Waals surface area contributed by atoms with Gasteiger partial charge in [-0.05, 0) is 58.0 Å². The summed E-state index contributed by atoms with van der Waals surface area (Å²) in [6.45, 7) is 7.51. The minimum absolute atomic E-state index is 0.0177. The molecular weight excluding hydrogens is 386 g/mol. The maximum absolute atomic E-state index is 14.1. The maximum atomic E-state index is 14.1. The molecule has 1 amide bonds. The molecule has 29 heavy (non-hydrogen) atoms. The van der Waals surface area contributed by atoms with Gasteiger partial charge < -0.3 is 14.0 Å². The van der Waals surface area contributed by atoms with Gasteiger partial charge in [-0.25, -0.2) is 4.79 Å². The first-order valence-electron chi connectivity index (χ1n) is 9.44. The highest BCUT2D eigenvalue weighted by atomic mass is 19.4. The summed E-state index contributed by atoms with van der Waals surface area (Å²) < 4.78 is 58.9. The molecule has 2 heterocycles. The fraction of sp³-hybridized carbons (Fsp3) is 0.550. The van der Waals surface area contributed by atoms with Crippen molar-refractivity contribution in [1.29, 1.82) is 0 Å². The molecule has 1 aliphatic carbocycles. The summed E-state index contributed by atoms with van der Waals surface area (Å²) in [7, 11) is -0.775. The van der Waals surface area contributed by atoms with Crippen molar-refractivity contribution in [2.24, 2.45) is 5.92 Å². The smallest absolute Gasteiger partial charge is 0.415 e. The van der Waals surface area contributed by atoms with Crippen LogP contribution in [0.25, 0.3) is 0 Å². The lowest BCUT2D eigenvalue weighted by Crippen LogP contribution is -2.50. The average molecular weight is 407 g/mol. The lowest BCUT2D eigenvalue weighted by Gasteiger charge is -2.36. The van der Waals surface area contributed by atoms with Gasteiger partial charge in [0.15, 0.2) is 0 Å². The number of halogens is 3. The lowest BCUT2D eigenvalue weighted by atomic mass is 9.77. The van der Waals surface area contributed by atoms with Crippen molar-refractivity contribution in [2.45, 2.75) is 63.5 Å². The molecule has 0 aromatic heterocycles. The van der Waals surface area contributed by atoms with Crippen LogP contribution in [0.5, 0.6) is 0 Å². The fourth-order valence-electron chi connectivity index (χ4n) is 3.23. The van der Waals surface area contributed by atoms with E-state index in [-0.39, 0.29) is 17.2 Å². The van der Waals surface area contributed by atoms with Gasteiger partial charge in [0.1, 0.15) is 0 Å². The van der Waals surface area contributed by atoms with Gasteiger partial charge in [0, 0.05) is 11.5 Å². The van der Waals surface area contributed by atoms with Crippen LogP contribution in [0.3, 0.4) is 0 Å². The molecule has 5 nitrogen and oxygen atoms in total. The van der Waals surface area contributed by atoms with Gasteiger partial charge in [0.2, 0.25) is 0 Å². The Hall–Kier alpha value is -2.18. The van der Waals surface area contributed by atoms with Gasteiger partial charge in [-0.15, -0.1) is 0 Å². The molecule has 154 valence electrons. The predicted molar refractivity (Wildman–Crippen MR) is 100 cm³/mol. The summed E-state index contributed by atoms with van der Waals surface area (Å²) in [5, 5.41) is 2.36. The Morgan fingerprint density at radius 2 is 1.76 bits per heavy atom. The predicted octanol–water partition coefficient (Wildman–Crippen LogP) is 3.72. The molecule has 2 aliphatic heterocycles. The number of hydrogen-bond acceptors (Lipinski definition) is 4. The number of nitrogens with one attached hydrogen (secondary N) is 1. The van der Waals surface area contributed by atoms with Crippen molar-refractivity contribution in [3.63, 3.8) is 0 Å². The Morgan fingerprint density at radius 1 is 1.14 bits per heavy atom. The maximum Gasteiger partial charge on any atom is 0.494 e. The van der Waals surface area contributed by atoms with E-state index in [1.54, 1.807) is 0 Å². The second kappa shape index (κ2) is 6.16. The van der Waals surface area contributed by atoms with Crippen LogP contribution < -0.4 is 10.8 Å². The molecule has 1 unspecified atom stereocenters. The first-order chi connectivity index (χ1) is 13.3. The van der Waals surface area contributed by atoms with E-state index in [0.717, 1.165) is 12.8 Å². The molecule has 1 aromatic rings. The summed E-state index contributed by atoms with van der Waals surface area (Å²) in [5.41, 5.74) is -3.98. The van der Waals surface area contributed by atoms with Crippen LogP contribution in [-0.2, 0) is 19.6 Å². The number of anilines is 1. The molecule has 1 saturated heterocycles. The van der Waals surface area contributed by atoms with Gasteiger partial charge in [-0.3, -0.25) is 5.32 Å². The molecule has 2 fully saturated rings. The monoisotopic (exact) mass is 407 g/mol. The highest BCUT2D eigenvalue weighted by molar-refractivity contribution is 6.62. The van der Waals surface area contributed by atoms with Crippen LogP contribution in [0, 0.1) is 17.8 Å². The number of alkyl halides is 3. The summed E-state index contributed by atoms with van der Waals surface area (Å²) in [5.74, 6) is 4.73. The third kappa shape index (κ3) is 3.28. The number of amides is 1. The molecule has 0 bridgehead atoms. The van der Waals surface area contributed by atoms with Crippen LogP contribution in [0.15, 0.2) is 18.2 Å². The van der Waals surface area contributed by atoms with E-state index < -0.39 is 36.2 Å². The van der Waals surface area contributed by atoms with E-state index in [4.69, 9.17) is 14.0 Å². The Bertz CT molecular complexity index is 914.